The van der Waals surface area contributed by atoms with Crippen LogP contribution < -0.4 is 0 Å². The first-order chi connectivity index (χ1) is 21.0. The molecule has 1 aromatic heterocycles. The van der Waals surface area contributed by atoms with Crippen LogP contribution in [0.4, 0.5) is 0 Å². The average molecular weight is 551 g/mol. The Morgan fingerprint density at radius 1 is 0.535 bits per heavy atom. The number of hydrogen-bond acceptors (Lipinski definition) is 1. The molecule has 8 aromatic rings. The van der Waals surface area contributed by atoms with Crippen LogP contribution in [0.2, 0.25) is 0 Å². The minimum Gasteiger partial charge on any atom is -0.327 e. The van der Waals surface area contributed by atoms with Crippen molar-refractivity contribution in [2.75, 3.05) is 0 Å². The summed E-state index contributed by atoms with van der Waals surface area (Å²) in [6.45, 7) is 4.82. The van der Waals surface area contributed by atoms with E-state index in [1.807, 2.05) is 6.07 Å². The summed E-state index contributed by atoms with van der Waals surface area (Å²) in [6.07, 6.45) is 0. The molecule has 0 fully saturated rings. The van der Waals surface area contributed by atoms with Crippen molar-refractivity contribution in [3.63, 3.8) is 0 Å². The van der Waals surface area contributed by atoms with Gasteiger partial charge in [-0.2, -0.15) is 0 Å². The standard InChI is InChI=1S/C41H30N2/c1-41(2)34-24-33(25-20-22-26(23-21-25)40-42-35-18-10-11-19-36(35)43(40)3)29-14-5-7-15-30(29)37(34)38-31-16-8-4-12-27(31)28-13-6-9-17-32(28)39(38)41/h4-24H,1-3H3. The maximum Gasteiger partial charge on any atom is 0.140 e. The summed E-state index contributed by atoms with van der Waals surface area (Å²) in [5.41, 5.74) is 11.3. The number of aromatic nitrogens is 2. The highest BCUT2D eigenvalue weighted by molar-refractivity contribution is 6.22. The Morgan fingerprint density at radius 3 is 1.77 bits per heavy atom. The van der Waals surface area contributed by atoms with E-state index in [4.69, 9.17) is 4.98 Å². The van der Waals surface area contributed by atoms with Crippen molar-refractivity contribution in [1.29, 1.82) is 0 Å². The lowest BCUT2D eigenvalue weighted by atomic mass is 9.78. The topological polar surface area (TPSA) is 17.8 Å². The van der Waals surface area contributed by atoms with Gasteiger partial charge in [0.15, 0.2) is 0 Å². The Balaban J connectivity index is 1.30. The molecule has 43 heavy (non-hydrogen) atoms. The maximum absolute atomic E-state index is 4.94. The summed E-state index contributed by atoms with van der Waals surface area (Å²) in [4.78, 5) is 4.94. The van der Waals surface area contributed by atoms with Gasteiger partial charge in [-0.1, -0.05) is 123 Å². The van der Waals surface area contributed by atoms with E-state index in [2.05, 4.69) is 147 Å². The molecule has 0 radical (unpaired) electrons. The van der Waals surface area contributed by atoms with Crippen molar-refractivity contribution in [2.45, 2.75) is 19.3 Å². The highest BCUT2D eigenvalue weighted by atomic mass is 15.1. The molecule has 0 saturated heterocycles. The van der Waals surface area contributed by atoms with E-state index in [1.165, 1.54) is 65.7 Å². The highest BCUT2D eigenvalue weighted by Gasteiger charge is 2.40. The Bertz CT molecular complexity index is 2420. The monoisotopic (exact) mass is 550 g/mol. The molecule has 2 nitrogen and oxygen atoms in total. The fourth-order valence-corrected chi connectivity index (χ4v) is 7.76. The summed E-state index contributed by atoms with van der Waals surface area (Å²) in [5, 5.41) is 7.97. The Hall–Kier alpha value is -5.21. The molecule has 0 N–H and O–H groups in total. The van der Waals surface area contributed by atoms with Gasteiger partial charge in [-0.25, -0.2) is 4.98 Å². The predicted octanol–water partition coefficient (Wildman–Crippen LogP) is 10.7. The first-order valence-corrected chi connectivity index (χ1v) is 15.0. The maximum atomic E-state index is 4.94. The molecule has 1 aliphatic carbocycles. The minimum atomic E-state index is -0.153. The van der Waals surface area contributed by atoms with Gasteiger partial charge < -0.3 is 4.57 Å². The van der Waals surface area contributed by atoms with Crippen LogP contribution >= 0.6 is 0 Å². The first kappa shape index (κ1) is 24.4. The van der Waals surface area contributed by atoms with Gasteiger partial charge in [0.05, 0.1) is 11.0 Å². The van der Waals surface area contributed by atoms with Crippen molar-refractivity contribution < 1.29 is 0 Å². The number of hydrogen-bond donors (Lipinski definition) is 0. The highest BCUT2D eigenvalue weighted by Crippen LogP contribution is 2.57. The van der Waals surface area contributed by atoms with Gasteiger partial charge in [-0.05, 0) is 83.9 Å². The number of benzene rings is 7. The molecule has 0 saturated carbocycles. The number of nitrogens with zero attached hydrogens (tertiary/aromatic N) is 2. The lowest BCUT2D eigenvalue weighted by Crippen LogP contribution is -2.16. The molecule has 2 heteroatoms. The normalized spacial score (nSPS) is 13.7. The number of para-hydroxylation sites is 2. The fourth-order valence-electron chi connectivity index (χ4n) is 7.76. The van der Waals surface area contributed by atoms with Gasteiger partial charge in [0.25, 0.3) is 0 Å². The van der Waals surface area contributed by atoms with Crippen LogP contribution in [0.5, 0.6) is 0 Å². The third-order valence-corrected chi connectivity index (χ3v) is 9.77. The largest absolute Gasteiger partial charge is 0.327 e. The molecule has 0 bridgehead atoms. The van der Waals surface area contributed by atoms with E-state index >= 15 is 0 Å². The van der Waals surface area contributed by atoms with E-state index in [1.54, 1.807) is 0 Å². The average Bonchev–Trinajstić information content (AvgIpc) is 3.51. The quantitative estimate of drug-likeness (QED) is 0.196. The molecule has 9 rings (SSSR count). The smallest absolute Gasteiger partial charge is 0.140 e. The molecule has 1 heterocycles. The zero-order chi connectivity index (χ0) is 28.9. The summed E-state index contributed by atoms with van der Waals surface area (Å²) in [6, 6.07) is 46.7. The number of aryl methyl sites for hydroxylation is 1. The molecule has 204 valence electrons. The number of imidazole rings is 1. The number of fused-ring (bicyclic) bond motifs is 11. The summed E-state index contributed by atoms with van der Waals surface area (Å²) in [7, 11) is 2.10. The Morgan fingerprint density at radius 2 is 1.07 bits per heavy atom. The van der Waals surface area contributed by atoms with Crippen molar-refractivity contribution in [2.24, 2.45) is 7.05 Å². The summed E-state index contributed by atoms with van der Waals surface area (Å²) < 4.78 is 2.18. The van der Waals surface area contributed by atoms with Crippen LogP contribution in [0, 0.1) is 0 Å². The van der Waals surface area contributed by atoms with Crippen LogP contribution in [0.25, 0.3) is 77.0 Å². The lowest BCUT2D eigenvalue weighted by molar-refractivity contribution is 0.667. The minimum absolute atomic E-state index is 0.153. The second kappa shape index (κ2) is 8.65. The van der Waals surface area contributed by atoms with E-state index in [0.29, 0.717) is 0 Å². The van der Waals surface area contributed by atoms with E-state index in [9.17, 15) is 0 Å². The van der Waals surface area contributed by atoms with Crippen LogP contribution in [0.3, 0.4) is 0 Å². The van der Waals surface area contributed by atoms with Gasteiger partial charge in [0.2, 0.25) is 0 Å². The summed E-state index contributed by atoms with van der Waals surface area (Å²) >= 11 is 0. The van der Waals surface area contributed by atoms with Gasteiger partial charge in [-0.15, -0.1) is 0 Å². The summed E-state index contributed by atoms with van der Waals surface area (Å²) in [5.74, 6) is 0.988. The molecule has 7 aromatic carbocycles. The van der Waals surface area contributed by atoms with Crippen molar-refractivity contribution in [1.82, 2.24) is 9.55 Å². The number of rotatable bonds is 2. The lowest BCUT2D eigenvalue weighted by Gasteiger charge is -2.25. The van der Waals surface area contributed by atoms with E-state index in [-0.39, 0.29) is 5.41 Å². The molecular formula is C41H30N2. The molecule has 0 aliphatic heterocycles. The van der Waals surface area contributed by atoms with E-state index < -0.39 is 0 Å². The van der Waals surface area contributed by atoms with Crippen molar-refractivity contribution >= 4 is 43.4 Å². The van der Waals surface area contributed by atoms with Gasteiger partial charge in [-0.3, -0.25) is 0 Å². The molecule has 0 atom stereocenters. The van der Waals surface area contributed by atoms with Crippen LogP contribution in [0.1, 0.15) is 25.0 Å². The van der Waals surface area contributed by atoms with Gasteiger partial charge >= 0.3 is 0 Å². The fraction of sp³-hybridized carbons (Fsp3) is 0.0976. The second-order valence-electron chi connectivity index (χ2n) is 12.4. The molecule has 0 unspecified atom stereocenters. The van der Waals surface area contributed by atoms with Gasteiger partial charge in [0, 0.05) is 18.0 Å². The third kappa shape index (κ3) is 3.26. The first-order valence-electron chi connectivity index (χ1n) is 15.0. The molecule has 0 amide bonds. The molecular weight excluding hydrogens is 520 g/mol. The molecule has 0 spiro atoms. The van der Waals surface area contributed by atoms with Crippen LogP contribution in [-0.4, -0.2) is 9.55 Å². The SMILES string of the molecule is Cn1c(-c2ccc(-c3cc4c(c5ccccc35)-c3c(c5ccccc5c5ccccc35)C4(C)C)cc2)nc2ccccc21. The molecule has 1 aliphatic rings. The predicted molar refractivity (Wildman–Crippen MR) is 182 cm³/mol. The van der Waals surface area contributed by atoms with Crippen LogP contribution in [-0.2, 0) is 12.5 Å². The zero-order valence-corrected chi connectivity index (χ0v) is 24.5. The van der Waals surface area contributed by atoms with Crippen LogP contribution in [0.15, 0.2) is 127 Å². The Labute approximate surface area is 250 Å². The second-order valence-corrected chi connectivity index (χ2v) is 12.4. The zero-order valence-electron chi connectivity index (χ0n) is 24.5. The Kier molecular flexibility index (Phi) is 4.91. The van der Waals surface area contributed by atoms with Gasteiger partial charge in [0.1, 0.15) is 5.82 Å². The van der Waals surface area contributed by atoms with Crippen molar-refractivity contribution in [3.8, 4) is 33.6 Å². The third-order valence-electron chi connectivity index (χ3n) is 9.77. The van der Waals surface area contributed by atoms with Crippen molar-refractivity contribution in [3.05, 3.63) is 139 Å². The van der Waals surface area contributed by atoms with E-state index in [0.717, 1.165) is 22.4 Å².